The van der Waals surface area contributed by atoms with Crippen LogP contribution in [0.1, 0.15) is 11.8 Å². The minimum atomic E-state index is -3.75. The average molecular weight is 471 g/mol. The van der Waals surface area contributed by atoms with E-state index in [0.29, 0.717) is 23.1 Å². The first-order valence-corrected chi connectivity index (χ1v) is 11.6. The van der Waals surface area contributed by atoms with E-state index in [1.807, 2.05) is 0 Å². The van der Waals surface area contributed by atoms with Crippen molar-refractivity contribution >= 4 is 33.0 Å². The molecule has 0 aliphatic heterocycles. The van der Waals surface area contributed by atoms with E-state index in [9.17, 15) is 13.2 Å². The third-order valence-electron chi connectivity index (χ3n) is 4.14. The lowest BCUT2D eigenvalue weighted by Gasteiger charge is -2.09. The van der Waals surface area contributed by atoms with Crippen LogP contribution in [0.2, 0.25) is 0 Å². The second kappa shape index (κ2) is 9.16. The number of carbonyl (C=O) groups is 1. The lowest BCUT2D eigenvalue weighted by Crippen LogP contribution is -2.18. The molecule has 2 N–H and O–H groups in total. The molecule has 0 bridgehead atoms. The van der Waals surface area contributed by atoms with Gasteiger partial charge in [-0.3, -0.25) is 14.1 Å². The van der Waals surface area contributed by atoms with Gasteiger partial charge in [-0.1, -0.05) is 0 Å². The third kappa shape index (κ3) is 5.28. The number of sulfonamides is 1. The summed E-state index contributed by atoms with van der Waals surface area (Å²) in [6.45, 7) is 1.69. The molecule has 32 heavy (non-hydrogen) atoms. The Morgan fingerprint density at radius 1 is 1.16 bits per heavy atom. The van der Waals surface area contributed by atoms with Crippen LogP contribution in [0.4, 0.5) is 5.69 Å². The highest BCUT2D eigenvalue weighted by molar-refractivity contribution is 7.94. The van der Waals surface area contributed by atoms with Gasteiger partial charge in [-0.15, -0.1) is 11.3 Å². The molecule has 4 rings (SSSR count). The van der Waals surface area contributed by atoms with Gasteiger partial charge < -0.3 is 10.1 Å². The van der Waals surface area contributed by atoms with Crippen molar-refractivity contribution in [2.45, 2.75) is 17.7 Å². The van der Waals surface area contributed by atoms with E-state index in [-0.39, 0.29) is 16.7 Å². The normalized spacial score (nSPS) is 11.2. The van der Waals surface area contributed by atoms with E-state index in [1.54, 1.807) is 59.7 Å². The van der Waals surface area contributed by atoms with Crippen LogP contribution in [0.3, 0.4) is 0 Å². The van der Waals surface area contributed by atoms with Gasteiger partial charge in [0.25, 0.3) is 10.0 Å². The second-order valence-electron chi connectivity index (χ2n) is 6.55. The summed E-state index contributed by atoms with van der Waals surface area (Å²) in [5.41, 5.74) is 0.385. The van der Waals surface area contributed by atoms with Gasteiger partial charge in [0.05, 0.1) is 6.54 Å². The van der Waals surface area contributed by atoms with Crippen molar-refractivity contribution in [2.24, 2.45) is 0 Å². The van der Waals surface area contributed by atoms with Gasteiger partial charge in [-0.25, -0.2) is 23.4 Å². The fourth-order valence-corrected chi connectivity index (χ4v) is 5.00. The summed E-state index contributed by atoms with van der Waals surface area (Å²) in [5, 5.41) is 2.64. The Balaban J connectivity index is 1.42. The van der Waals surface area contributed by atoms with Crippen molar-refractivity contribution in [2.75, 3.05) is 4.72 Å². The molecule has 1 aromatic carbocycles. The van der Waals surface area contributed by atoms with E-state index in [0.717, 1.165) is 16.2 Å². The molecule has 0 radical (unpaired) electrons. The summed E-state index contributed by atoms with van der Waals surface area (Å²) >= 11 is 1.10. The fourth-order valence-electron chi connectivity index (χ4n) is 2.65. The molecule has 1 amide bonds. The second-order valence-corrected chi connectivity index (χ2v) is 9.62. The zero-order chi connectivity index (χ0) is 22.6. The van der Waals surface area contributed by atoms with Crippen molar-refractivity contribution in [3.05, 3.63) is 72.4 Å². The van der Waals surface area contributed by atoms with Crippen LogP contribution in [-0.2, 0) is 21.4 Å². The number of nitrogens with one attached hydrogen (secondary N) is 2. The van der Waals surface area contributed by atoms with Gasteiger partial charge in [0, 0.05) is 35.9 Å². The van der Waals surface area contributed by atoms with E-state index in [1.165, 1.54) is 19.3 Å². The molecule has 3 aromatic heterocycles. The number of hydrogen-bond donors (Lipinski definition) is 2. The molecular formula is C20H18N6O4S2. The number of thiophene rings is 1. The Hall–Kier alpha value is -3.77. The van der Waals surface area contributed by atoms with Gasteiger partial charge >= 0.3 is 0 Å². The van der Waals surface area contributed by atoms with Gasteiger partial charge in [0.1, 0.15) is 28.4 Å². The molecule has 4 aromatic rings. The maximum absolute atomic E-state index is 12.6. The molecule has 0 aliphatic carbocycles. The van der Waals surface area contributed by atoms with Gasteiger partial charge in [-0.2, -0.15) is 0 Å². The number of nitrogens with zero attached hydrogens (tertiary/aromatic N) is 4. The molecule has 10 nitrogen and oxygen atoms in total. The first-order chi connectivity index (χ1) is 15.4. The topological polar surface area (TPSA) is 128 Å². The number of rotatable bonds is 8. The van der Waals surface area contributed by atoms with Gasteiger partial charge in [-0.05, 0) is 36.4 Å². The monoisotopic (exact) mass is 470 g/mol. The quantitative estimate of drug-likeness (QED) is 0.405. The highest BCUT2D eigenvalue weighted by Crippen LogP contribution is 2.26. The van der Waals surface area contributed by atoms with Gasteiger partial charge in [0.15, 0.2) is 0 Å². The highest BCUT2D eigenvalue weighted by Gasteiger charge is 2.17. The Morgan fingerprint density at radius 2 is 1.97 bits per heavy atom. The molecule has 12 heteroatoms. The van der Waals surface area contributed by atoms with E-state index in [2.05, 4.69) is 25.0 Å². The molecular weight excluding hydrogens is 452 g/mol. The average Bonchev–Trinajstić information content (AvgIpc) is 3.46. The van der Waals surface area contributed by atoms with Crippen molar-refractivity contribution in [3.63, 3.8) is 0 Å². The zero-order valence-electron chi connectivity index (χ0n) is 16.8. The SMILES string of the molecule is CC(=O)NCc1ccc(S(=O)(=O)Nc2ccc(Oc3cc(-n4ccnc4)ncn3)cc2)s1. The van der Waals surface area contributed by atoms with Crippen LogP contribution in [0, 0.1) is 0 Å². The van der Waals surface area contributed by atoms with Crippen LogP contribution >= 0.6 is 11.3 Å². The molecule has 164 valence electrons. The summed E-state index contributed by atoms with van der Waals surface area (Å²) in [6.07, 6.45) is 6.39. The molecule has 0 aliphatic rings. The van der Waals surface area contributed by atoms with E-state index < -0.39 is 10.0 Å². The standard InChI is InChI=1S/C20H18N6O4S2/c1-14(27)22-11-17-6-7-20(31-17)32(28,29)25-15-2-4-16(5-3-15)30-19-10-18(23-12-24-19)26-9-8-21-13-26/h2-10,12-13,25H,11H2,1H3,(H,22,27). The maximum Gasteiger partial charge on any atom is 0.271 e. The fraction of sp³-hybridized carbons (Fsp3) is 0.100. The van der Waals surface area contributed by atoms with Gasteiger partial charge in [0.2, 0.25) is 11.8 Å². The lowest BCUT2D eigenvalue weighted by molar-refractivity contribution is -0.119. The third-order valence-corrected chi connectivity index (χ3v) is 7.10. The van der Waals surface area contributed by atoms with Crippen molar-refractivity contribution in [1.82, 2.24) is 24.8 Å². The number of anilines is 1. The summed E-state index contributed by atoms with van der Waals surface area (Å²) in [4.78, 5) is 24.0. The smallest absolute Gasteiger partial charge is 0.271 e. The Labute approximate surface area is 188 Å². The summed E-state index contributed by atoms with van der Waals surface area (Å²) < 4.78 is 35.4. The Bertz CT molecular complexity index is 1320. The Morgan fingerprint density at radius 3 is 2.69 bits per heavy atom. The number of hydrogen-bond acceptors (Lipinski definition) is 8. The molecule has 3 heterocycles. The van der Waals surface area contributed by atoms with Crippen LogP contribution in [0.5, 0.6) is 11.6 Å². The summed E-state index contributed by atoms with van der Waals surface area (Å²) in [5.74, 6) is 1.24. The number of benzene rings is 1. The number of imidazole rings is 1. The molecule has 0 saturated heterocycles. The van der Waals surface area contributed by atoms with E-state index in [4.69, 9.17) is 4.74 Å². The van der Waals surface area contributed by atoms with Crippen molar-refractivity contribution in [3.8, 4) is 17.4 Å². The molecule has 0 spiro atoms. The number of ether oxygens (including phenoxy) is 1. The van der Waals surface area contributed by atoms with Crippen LogP contribution in [-0.4, -0.2) is 33.8 Å². The molecule has 0 atom stereocenters. The van der Waals surface area contributed by atoms with Crippen molar-refractivity contribution < 1.29 is 17.9 Å². The first-order valence-electron chi connectivity index (χ1n) is 9.33. The highest BCUT2D eigenvalue weighted by atomic mass is 32.2. The molecule has 0 unspecified atom stereocenters. The lowest BCUT2D eigenvalue weighted by atomic mass is 10.3. The minimum absolute atomic E-state index is 0.159. The Kier molecular flexibility index (Phi) is 6.14. The first kappa shape index (κ1) is 21.5. The van der Waals surface area contributed by atoms with Crippen LogP contribution < -0.4 is 14.8 Å². The number of amides is 1. The molecule has 0 fully saturated rings. The maximum atomic E-state index is 12.6. The summed E-state index contributed by atoms with van der Waals surface area (Å²) in [6, 6.07) is 11.3. The summed E-state index contributed by atoms with van der Waals surface area (Å²) in [7, 11) is -3.75. The minimum Gasteiger partial charge on any atom is -0.439 e. The van der Waals surface area contributed by atoms with E-state index >= 15 is 0 Å². The number of aromatic nitrogens is 4. The predicted molar refractivity (Wildman–Crippen MR) is 118 cm³/mol. The van der Waals surface area contributed by atoms with Crippen LogP contribution in [0.25, 0.3) is 5.82 Å². The predicted octanol–water partition coefficient (Wildman–Crippen LogP) is 2.95. The largest absolute Gasteiger partial charge is 0.439 e. The van der Waals surface area contributed by atoms with Crippen LogP contribution in [0.15, 0.2) is 71.7 Å². The zero-order valence-corrected chi connectivity index (χ0v) is 18.4. The van der Waals surface area contributed by atoms with Crippen molar-refractivity contribution in [1.29, 1.82) is 0 Å². The molecule has 0 saturated carbocycles. The number of carbonyl (C=O) groups excluding carboxylic acids is 1.